The summed E-state index contributed by atoms with van der Waals surface area (Å²) < 4.78 is 5.94. The van der Waals surface area contributed by atoms with Gasteiger partial charge in [-0.2, -0.15) is 12.6 Å². The first kappa shape index (κ1) is 17.8. The molecule has 25 heavy (non-hydrogen) atoms. The molecular weight excluding hydrogens is 332 g/mol. The first-order valence-corrected chi connectivity index (χ1v) is 9.25. The van der Waals surface area contributed by atoms with Gasteiger partial charge in [0, 0.05) is 18.9 Å². The molecule has 1 fully saturated rings. The molecule has 1 heterocycles. The molecule has 2 aromatic carbocycles. The molecule has 0 bridgehead atoms. The summed E-state index contributed by atoms with van der Waals surface area (Å²) in [5, 5.41) is 0. The maximum atomic E-state index is 13.1. The summed E-state index contributed by atoms with van der Waals surface area (Å²) in [7, 11) is 0. The number of nitrogens with zero attached hydrogens (tertiary/aromatic N) is 2. The SMILES string of the molecule is CCOC1C(CS)N(Cc2ccccc2)C(=O)N1Cc1ccccc1. The van der Waals surface area contributed by atoms with Gasteiger partial charge in [0.15, 0.2) is 6.23 Å². The number of hydrogen-bond donors (Lipinski definition) is 1. The molecule has 132 valence electrons. The Balaban J connectivity index is 1.84. The number of ether oxygens (including phenoxy) is 1. The third-order valence-electron chi connectivity index (χ3n) is 4.44. The van der Waals surface area contributed by atoms with Crippen LogP contribution in [0.2, 0.25) is 0 Å². The molecule has 0 spiro atoms. The second kappa shape index (κ2) is 8.41. The van der Waals surface area contributed by atoms with E-state index in [1.54, 1.807) is 0 Å². The van der Waals surface area contributed by atoms with Gasteiger partial charge < -0.3 is 9.64 Å². The predicted octanol–water partition coefficient (Wildman–Crippen LogP) is 3.79. The number of amides is 2. The monoisotopic (exact) mass is 356 g/mol. The van der Waals surface area contributed by atoms with E-state index < -0.39 is 0 Å². The zero-order valence-electron chi connectivity index (χ0n) is 14.4. The van der Waals surface area contributed by atoms with Gasteiger partial charge in [0.25, 0.3) is 0 Å². The molecule has 5 heteroatoms. The fourth-order valence-electron chi connectivity index (χ4n) is 3.24. The van der Waals surface area contributed by atoms with Crippen molar-refractivity contribution in [2.75, 3.05) is 12.4 Å². The van der Waals surface area contributed by atoms with Crippen LogP contribution < -0.4 is 0 Å². The van der Waals surface area contributed by atoms with Crippen LogP contribution in [0, 0.1) is 0 Å². The molecule has 2 atom stereocenters. The van der Waals surface area contributed by atoms with Gasteiger partial charge in [-0.05, 0) is 18.1 Å². The van der Waals surface area contributed by atoms with Crippen molar-refractivity contribution in [3.8, 4) is 0 Å². The van der Waals surface area contributed by atoms with Crippen molar-refractivity contribution in [2.24, 2.45) is 0 Å². The lowest BCUT2D eigenvalue weighted by molar-refractivity contribution is -0.0326. The zero-order valence-corrected chi connectivity index (χ0v) is 15.3. The van der Waals surface area contributed by atoms with Gasteiger partial charge in [0.1, 0.15) is 0 Å². The molecule has 1 aliphatic heterocycles. The van der Waals surface area contributed by atoms with Crippen LogP contribution in [0.15, 0.2) is 60.7 Å². The maximum Gasteiger partial charge on any atom is 0.323 e. The smallest absolute Gasteiger partial charge is 0.323 e. The molecule has 0 N–H and O–H groups in total. The molecule has 2 unspecified atom stereocenters. The van der Waals surface area contributed by atoms with E-state index in [9.17, 15) is 4.79 Å². The minimum atomic E-state index is -0.279. The largest absolute Gasteiger partial charge is 0.356 e. The highest BCUT2D eigenvalue weighted by Gasteiger charge is 2.45. The summed E-state index contributed by atoms with van der Waals surface area (Å²) in [5.41, 5.74) is 2.21. The van der Waals surface area contributed by atoms with Crippen molar-refractivity contribution in [3.63, 3.8) is 0 Å². The Kier molecular flexibility index (Phi) is 6.00. The highest BCUT2D eigenvalue weighted by atomic mass is 32.1. The third-order valence-corrected chi connectivity index (χ3v) is 4.82. The molecule has 0 saturated carbocycles. The molecule has 4 nitrogen and oxygen atoms in total. The minimum Gasteiger partial charge on any atom is -0.356 e. The lowest BCUT2D eigenvalue weighted by Crippen LogP contribution is -2.40. The van der Waals surface area contributed by atoms with Gasteiger partial charge in [0.2, 0.25) is 0 Å². The van der Waals surface area contributed by atoms with Crippen LogP contribution in [0.25, 0.3) is 0 Å². The number of urea groups is 1. The van der Waals surface area contributed by atoms with E-state index in [1.807, 2.05) is 77.4 Å². The average Bonchev–Trinajstić information content (AvgIpc) is 2.89. The summed E-state index contributed by atoms with van der Waals surface area (Å²) in [6.07, 6.45) is -0.279. The van der Waals surface area contributed by atoms with Gasteiger partial charge in [-0.25, -0.2) is 4.79 Å². The summed E-state index contributed by atoms with van der Waals surface area (Å²) in [6.45, 7) is 3.63. The molecular formula is C20H24N2O2S. The van der Waals surface area contributed by atoms with Crippen LogP contribution in [0.5, 0.6) is 0 Å². The second-order valence-electron chi connectivity index (χ2n) is 6.11. The Hall–Kier alpha value is -1.98. The minimum absolute atomic E-state index is 0.00482. The topological polar surface area (TPSA) is 32.8 Å². The molecule has 2 amide bonds. The number of carbonyl (C=O) groups excluding carboxylic acids is 1. The second-order valence-corrected chi connectivity index (χ2v) is 6.47. The Labute approximate surface area is 154 Å². The first-order valence-electron chi connectivity index (χ1n) is 8.62. The molecule has 0 aliphatic carbocycles. The van der Waals surface area contributed by atoms with E-state index in [-0.39, 0.29) is 18.3 Å². The summed E-state index contributed by atoms with van der Waals surface area (Å²) in [5.74, 6) is 0.564. The fraction of sp³-hybridized carbons (Fsp3) is 0.350. The van der Waals surface area contributed by atoms with Gasteiger partial charge >= 0.3 is 6.03 Å². The molecule has 0 radical (unpaired) electrons. The number of rotatable bonds is 7. The average molecular weight is 356 g/mol. The molecule has 1 saturated heterocycles. The van der Waals surface area contributed by atoms with Crippen LogP contribution >= 0.6 is 12.6 Å². The van der Waals surface area contributed by atoms with Gasteiger partial charge in [0.05, 0.1) is 12.6 Å². The Morgan fingerprint density at radius 1 is 0.920 bits per heavy atom. The van der Waals surface area contributed by atoms with Crippen molar-refractivity contribution in [3.05, 3.63) is 71.8 Å². The molecule has 2 aromatic rings. The quantitative estimate of drug-likeness (QED) is 0.766. The van der Waals surface area contributed by atoms with Crippen molar-refractivity contribution < 1.29 is 9.53 Å². The van der Waals surface area contributed by atoms with Gasteiger partial charge in [-0.3, -0.25) is 4.90 Å². The third kappa shape index (κ3) is 3.99. The Morgan fingerprint density at radius 2 is 1.44 bits per heavy atom. The van der Waals surface area contributed by atoms with Crippen molar-refractivity contribution >= 4 is 18.7 Å². The van der Waals surface area contributed by atoms with E-state index >= 15 is 0 Å². The van der Waals surface area contributed by atoms with Crippen LogP contribution in [0.3, 0.4) is 0 Å². The standard InChI is InChI=1S/C20H24N2O2S/c1-2-24-19-18(15-25)21(13-16-9-5-3-6-10-16)20(23)22(19)14-17-11-7-4-8-12-17/h3-12,18-19,25H,2,13-15H2,1H3. The van der Waals surface area contributed by atoms with Gasteiger partial charge in [-0.15, -0.1) is 0 Å². The van der Waals surface area contributed by atoms with E-state index in [0.29, 0.717) is 25.4 Å². The van der Waals surface area contributed by atoms with E-state index in [2.05, 4.69) is 12.6 Å². The summed E-state index contributed by atoms with van der Waals surface area (Å²) >= 11 is 4.50. The zero-order chi connectivity index (χ0) is 17.6. The highest BCUT2D eigenvalue weighted by Crippen LogP contribution is 2.28. The van der Waals surface area contributed by atoms with Crippen LogP contribution in [0.4, 0.5) is 4.79 Å². The van der Waals surface area contributed by atoms with Crippen molar-refractivity contribution in [2.45, 2.75) is 32.3 Å². The number of carbonyl (C=O) groups is 1. The predicted molar refractivity (Wildman–Crippen MR) is 102 cm³/mol. The summed E-state index contributed by atoms with van der Waals surface area (Å²) in [6, 6.07) is 20.0. The van der Waals surface area contributed by atoms with Crippen LogP contribution in [-0.4, -0.2) is 40.5 Å². The number of thiol groups is 1. The van der Waals surface area contributed by atoms with E-state index in [0.717, 1.165) is 11.1 Å². The number of benzene rings is 2. The van der Waals surface area contributed by atoms with Crippen molar-refractivity contribution in [1.29, 1.82) is 0 Å². The van der Waals surface area contributed by atoms with Crippen LogP contribution in [-0.2, 0) is 17.8 Å². The first-order chi connectivity index (χ1) is 12.2. The van der Waals surface area contributed by atoms with Crippen molar-refractivity contribution in [1.82, 2.24) is 9.80 Å². The Morgan fingerprint density at radius 3 is 1.92 bits per heavy atom. The normalized spacial score (nSPS) is 20.3. The highest BCUT2D eigenvalue weighted by molar-refractivity contribution is 7.80. The maximum absolute atomic E-state index is 13.1. The lowest BCUT2D eigenvalue weighted by Gasteiger charge is -2.26. The molecule has 0 aromatic heterocycles. The molecule has 3 rings (SSSR count). The Bertz CT molecular complexity index is 681. The van der Waals surface area contributed by atoms with Crippen LogP contribution in [0.1, 0.15) is 18.1 Å². The van der Waals surface area contributed by atoms with Gasteiger partial charge in [-0.1, -0.05) is 60.7 Å². The van der Waals surface area contributed by atoms with E-state index in [4.69, 9.17) is 4.74 Å². The van der Waals surface area contributed by atoms with E-state index in [1.165, 1.54) is 0 Å². The lowest BCUT2D eigenvalue weighted by atomic mass is 10.2. The number of hydrogen-bond acceptors (Lipinski definition) is 3. The fourth-order valence-corrected chi connectivity index (χ4v) is 3.62. The summed E-state index contributed by atoms with van der Waals surface area (Å²) in [4.78, 5) is 16.8. The molecule has 1 aliphatic rings.